The van der Waals surface area contributed by atoms with E-state index < -0.39 is 0 Å². The van der Waals surface area contributed by atoms with Gasteiger partial charge in [0.15, 0.2) is 0 Å². The highest BCUT2D eigenvalue weighted by Gasteiger charge is 2.30. The molecule has 0 aliphatic carbocycles. The van der Waals surface area contributed by atoms with Gasteiger partial charge in [-0.25, -0.2) is 24.7 Å². The largest absolute Gasteiger partial charge is 0.353 e. The number of nitrogens with zero attached hydrogens (tertiary/aromatic N) is 8. The fourth-order valence-corrected chi connectivity index (χ4v) is 4.12. The van der Waals surface area contributed by atoms with E-state index in [4.69, 9.17) is 0 Å². The molecule has 9 nitrogen and oxygen atoms in total. The van der Waals surface area contributed by atoms with Crippen molar-refractivity contribution in [1.29, 1.82) is 0 Å². The molecule has 1 fully saturated rings. The molecule has 1 saturated heterocycles. The summed E-state index contributed by atoms with van der Waals surface area (Å²) in [4.78, 5) is 38.9. The summed E-state index contributed by atoms with van der Waals surface area (Å²) in [6.45, 7) is 4.13. The van der Waals surface area contributed by atoms with E-state index in [2.05, 4.69) is 29.7 Å². The third-order valence-electron chi connectivity index (χ3n) is 5.75. The van der Waals surface area contributed by atoms with Gasteiger partial charge < -0.3 is 14.7 Å². The number of hydrogen-bond donors (Lipinski definition) is 0. The van der Waals surface area contributed by atoms with Crippen LogP contribution in [-0.2, 0) is 13.1 Å². The molecule has 0 saturated carbocycles. The minimum Gasteiger partial charge on any atom is -0.353 e. The van der Waals surface area contributed by atoms with Crippen LogP contribution in [0, 0.1) is 0 Å². The molecule has 1 aromatic carbocycles. The van der Waals surface area contributed by atoms with Crippen LogP contribution in [0.15, 0.2) is 55.1 Å². The Hall–Kier alpha value is -3.75. The third kappa shape index (κ3) is 3.74. The van der Waals surface area contributed by atoms with Crippen molar-refractivity contribution in [2.75, 3.05) is 47.9 Å². The second-order valence-corrected chi connectivity index (χ2v) is 7.71. The van der Waals surface area contributed by atoms with Crippen LogP contribution < -0.4 is 14.7 Å². The van der Waals surface area contributed by atoms with Crippen LogP contribution in [0.2, 0.25) is 0 Å². The molecule has 4 heterocycles. The molecule has 0 bridgehead atoms. The highest BCUT2D eigenvalue weighted by Crippen LogP contribution is 2.29. The van der Waals surface area contributed by atoms with Gasteiger partial charge in [-0.2, -0.15) is 0 Å². The number of hydrogen-bond acceptors (Lipinski definition) is 7. The van der Waals surface area contributed by atoms with E-state index in [0.717, 1.165) is 54.9 Å². The first-order valence-corrected chi connectivity index (χ1v) is 10.4. The van der Waals surface area contributed by atoms with Gasteiger partial charge in [0.05, 0.1) is 18.8 Å². The maximum Gasteiger partial charge on any atom is 0.324 e. The van der Waals surface area contributed by atoms with E-state index in [0.29, 0.717) is 13.1 Å². The lowest BCUT2D eigenvalue weighted by atomic mass is 10.1. The zero-order valence-electron chi connectivity index (χ0n) is 17.4. The number of anilines is 3. The molecule has 5 rings (SSSR count). The summed E-state index contributed by atoms with van der Waals surface area (Å²) in [5, 5.41) is 0. The average Bonchev–Trinajstić information content (AvgIpc) is 2.96. The predicted molar refractivity (Wildman–Crippen MR) is 118 cm³/mol. The molecule has 9 heteroatoms. The molecule has 2 amide bonds. The zero-order valence-corrected chi connectivity index (χ0v) is 17.4. The maximum atomic E-state index is 13.1. The van der Waals surface area contributed by atoms with E-state index in [-0.39, 0.29) is 6.03 Å². The molecule has 2 aromatic heterocycles. The first-order valence-electron chi connectivity index (χ1n) is 10.4. The molecule has 0 atom stereocenters. The molecule has 158 valence electrons. The SMILES string of the molecule is CN1Cc2ncnc(N3CCN(c4ncccn4)CC3)c2CN(c2ccccc2)C1=O. The van der Waals surface area contributed by atoms with Crippen molar-refractivity contribution in [2.45, 2.75) is 13.1 Å². The number of fused-ring (bicyclic) bond motifs is 1. The van der Waals surface area contributed by atoms with Crippen molar-refractivity contribution in [3.63, 3.8) is 0 Å². The smallest absolute Gasteiger partial charge is 0.324 e. The number of aromatic nitrogens is 4. The molecule has 0 spiro atoms. The first kappa shape index (κ1) is 19.2. The van der Waals surface area contributed by atoms with Crippen LogP contribution in [0.25, 0.3) is 0 Å². The summed E-state index contributed by atoms with van der Waals surface area (Å²) in [7, 11) is 1.81. The number of para-hydroxylation sites is 1. The van der Waals surface area contributed by atoms with Crippen molar-refractivity contribution < 1.29 is 4.79 Å². The number of carbonyl (C=O) groups is 1. The average molecular weight is 416 g/mol. The summed E-state index contributed by atoms with van der Waals surface area (Å²) in [5.41, 5.74) is 2.77. The van der Waals surface area contributed by atoms with Gasteiger partial charge in [-0.05, 0) is 18.2 Å². The van der Waals surface area contributed by atoms with Crippen LogP contribution in [0.4, 0.5) is 22.2 Å². The van der Waals surface area contributed by atoms with Gasteiger partial charge in [-0.1, -0.05) is 18.2 Å². The lowest BCUT2D eigenvalue weighted by molar-refractivity contribution is 0.214. The Morgan fingerprint density at radius 3 is 2.26 bits per heavy atom. The molecule has 3 aromatic rings. The molecule has 2 aliphatic heterocycles. The number of carbonyl (C=O) groups excluding carboxylic acids is 1. The summed E-state index contributed by atoms with van der Waals surface area (Å²) in [6.07, 6.45) is 5.15. The summed E-state index contributed by atoms with van der Waals surface area (Å²) in [5.74, 6) is 1.66. The van der Waals surface area contributed by atoms with Crippen LogP contribution in [-0.4, -0.2) is 64.1 Å². The lowest BCUT2D eigenvalue weighted by Crippen LogP contribution is -2.48. The Bertz CT molecular complexity index is 1050. The van der Waals surface area contributed by atoms with Gasteiger partial charge in [0.1, 0.15) is 12.1 Å². The van der Waals surface area contributed by atoms with Gasteiger partial charge in [0.2, 0.25) is 5.95 Å². The van der Waals surface area contributed by atoms with Crippen LogP contribution in [0.5, 0.6) is 0 Å². The van der Waals surface area contributed by atoms with E-state index >= 15 is 0 Å². The Kier molecular flexibility index (Phi) is 5.07. The van der Waals surface area contributed by atoms with Crippen molar-refractivity contribution >= 4 is 23.5 Å². The monoisotopic (exact) mass is 416 g/mol. The second kappa shape index (κ2) is 8.17. The minimum absolute atomic E-state index is 0.0406. The van der Waals surface area contributed by atoms with Gasteiger partial charge in [-0.3, -0.25) is 4.90 Å². The number of piperazine rings is 1. The molecular weight excluding hydrogens is 392 g/mol. The van der Waals surface area contributed by atoms with E-state index in [9.17, 15) is 4.79 Å². The number of amides is 2. The molecule has 31 heavy (non-hydrogen) atoms. The summed E-state index contributed by atoms with van der Waals surface area (Å²) >= 11 is 0. The zero-order chi connectivity index (χ0) is 21.2. The Labute approximate surface area is 181 Å². The van der Waals surface area contributed by atoms with Crippen molar-refractivity contribution in [3.8, 4) is 0 Å². The Balaban J connectivity index is 1.43. The molecule has 0 unspecified atom stereocenters. The highest BCUT2D eigenvalue weighted by molar-refractivity contribution is 5.92. The van der Waals surface area contributed by atoms with Crippen LogP contribution in [0.3, 0.4) is 0 Å². The van der Waals surface area contributed by atoms with Crippen molar-refractivity contribution in [1.82, 2.24) is 24.8 Å². The van der Waals surface area contributed by atoms with Crippen LogP contribution >= 0.6 is 0 Å². The molecular formula is C22H24N8O. The van der Waals surface area contributed by atoms with Gasteiger partial charge in [0.25, 0.3) is 0 Å². The van der Waals surface area contributed by atoms with Gasteiger partial charge in [0, 0.05) is 56.9 Å². The Morgan fingerprint density at radius 2 is 1.52 bits per heavy atom. The topological polar surface area (TPSA) is 81.6 Å². The number of benzene rings is 1. The van der Waals surface area contributed by atoms with E-state index in [1.54, 1.807) is 28.5 Å². The van der Waals surface area contributed by atoms with Gasteiger partial charge >= 0.3 is 6.03 Å². The quantitative estimate of drug-likeness (QED) is 0.647. The van der Waals surface area contributed by atoms with Crippen LogP contribution in [0.1, 0.15) is 11.3 Å². The highest BCUT2D eigenvalue weighted by atomic mass is 16.2. The minimum atomic E-state index is -0.0406. The predicted octanol–water partition coefficient (Wildman–Crippen LogP) is 2.17. The fourth-order valence-electron chi connectivity index (χ4n) is 4.12. The lowest BCUT2D eigenvalue weighted by Gasteiger charge is -2.36. The Morgan fingerprint density at radius 1 is 0.806 bits per heavy atom. The normalized spacial score (nSPS) is 16.9. The standard InChI is InChI=1S/C22H24N8O/c1-27-15-19-18(14-30(22(27)31)17-6-3-2-4-7-17)20(26-16-25-19)28-10-12-29(13-11-28)21-23-8-5-9-24-21/h2-9,16H,10-15H2,1H3. The molecule has 0 N–H and O–H groups in total. The summed E-state index contributed by atoms with van der Waals surface area (Å²) < 4.78 is 0. The maximum absolute atomic E-state index is 13.1. The molecule has 2 aliphatic rings. The fraction of sp³-hybridized carbons (Fsp3) is 0.318. The van der Waals surface area contributed by atoms with Gasteiger partial charge in [-0.15, -0.1) is 0 Å². The van der Waals surface area contributed by atoms with E-state index in [1.807, 2.05) is 43.4 Å². The van der Waals surface area contributed by atoms with Crippen molar-refractivity contribution in [2.24, 2.45) is 0 Å². The summed E-state index contributed by atoms with van der Waals surface area (Å²) in [6, 6.07) is 11.5. The molecule has 0 radical (unpaired) electrons. The number of urea groups is 1. The van der Waals surface area contributed by atoms with E-state index in [1.165, 1.54) is 0 Å². The van der Waals surface area contributed by atoms with Crippen molar-refractivity contribution in [3.05, 3.63) is 66.4 Å². The number of rotatable bonds is 3. The third-order valence-corrected chi connectivity index (χ3v) is 5.75. The first-order chi connectivity index (χ1) is 15.2. The second-order valence-electron chi connectivity index (χ2n) is 7.71.